The number of aromatic nitrogens is 2. The van der Waals surface area contributed by atoms with Crippen molar-refractivity contribution in [1.82, 2.24) is 10.2 Å². The smallest absolute Gasteiger partial charge is 0.263 e. The highest BCUT2D eigenvalue weighted by molar-refractivity contribution is 7.93. The minimum absolute atomic E-state index is 0.136. The summed E-state index contributed by atoms with van der Waals surface area (Å²) in [7, 11) is -3.72. The largest absolute Gasteiger partial charge is 0.392 e. The standard InChI is InChI=1S/C11H13N3O3S2/c1-7-3-8(2)10(4-9(7)5-15)19(16,17)14-11-13-12-6-18-11/h3-4,6,15H,5H2,1-2H3,(H,13,14). The molecule has 0 fully saturated rings. The van der Waals surface area contributed by atoms with Crippen LogP contribution in [0.15, 0.2) is 22.5 Å². The molecule has 0 bridgehead atoms. The molecule has 0 aliphatic carbocycles. The van der Waals surface area contributed by atoms with Crippen LogP contribution < -0.4 is 4.72 Å². The predicted octanol–water partition coefficient (Wildman–Crippen LogP) is 1.45. The summed E-state index contributed by atoms with van der Waals surface area (Å²) < 4.78 is 26.9. The third-order valence-electron chi connectivity index (χ3n) is 2.68. The first-order valence-electron chi connectivity index (χ1n) is 5.44. The molecule has 8 heteroatoms. The predicted molar refractivity (Wildman–Crippen MR) is 72.6 cm³/mol. The number of hydrogen-bond acceptors (Lipinski definition) is 6. The third kappa shape index (κ3) is 2.91. The zero-order valence-corrected chi connectivity index (χ0v) is 12.0. The topological polar surface area (TPSA) is 92.2 Å². The minimum Gasteiger partial charge on any atom is -0.392 e. The van der Waals surface area contributed by atoms with Gasteiger partial charge >= 0.3 is 0 Å². The van der Waals surface area contributed by atoms with Crippen LogP contribution in [0.4, 0.5) is 5.13 Å². The number of benzene rings is 1. The third-order valence-corrected chi connectivity index (χ3v) is 4.89. The van der Waals surface area contributed by atoms with Crippen LogP contribution in [0.25, 0.3) is 0 Å². The number of rotatable bonds is 4. The highest BCUT2D eigenvalue weighted by atomic mass is 32.2. The number of anilines is 1. The number of nitrogens with one attached hydrogen (secondary N) is 1. The molecule has 1 aromatic heterocycles. The summed E-state index contributed by atoms with van der Waals surface area (Å²) in [6.45, 7) is 3.34. The van der Waals surface area contributed by atoms with Crippen molar-refractivity contribution in [2.75, 3.05) is 4.72 Å². The zero-order chi connectivity index (χ0) is 14.0. The SMILES string of the molecule is Cc1cc(C)c(S(=O)(=O)Nc2nncs2)cc1CO. The maximum Gasteiger partial charge on any atom is 0.263 e. The monoisotopic (exact) mass is 299 g/mol. The minimum atomic E-state index is -3.72. The summed E-state index contributed by atoms with van der Waals surface area (Å²) in [6.07, 6.45) is 0. The van der Waals surface area contributed by atoms with Gasteiger partial charge in [0.25, 0.3) is 10.0 Å². The molecule has 6 nitrogen and oxygen atoms in total. The molecule has 0 radical (unpaired) electrons. The highest BCUT2D eigenvalue weighted by Crippen LogP contribution is 2.23. The van der Waals surface area contributed by atoms with E-state index in [0.29, 0.717) is 11.1 Å². The molecule has 0 saturated carbocycles. The molecule has 1 aromatic carbocycles. The van der Waals surface area contributed by atoms with Crippen LogP contribution in [0.1, 0.15) is 16.7 Å². The molecule has 0 spiro atoms. The van der Waals surface area contributed by atoms with Gasteiger partial charge in [-0.05, 0) is 36.6 Å². The van der Waals surface area contributed by atoms with Crippen LogP contribution >= 0.6 is 11.3 Å². The van der Waals surface area contributed by atoms with Gasteiger partial charge in [-0.3, -0.25) is 4.72 Å². The Kier molecular flexibility index (Phi) is 3.83. The van der Waals surface area contributed by atoms with Gasteiger partial charge in [0.1, 0.15) is 5.51 Å². The summed E-state index contributed by atoms with van der Waals surface area (Å²) >= 11 is 1.10. The second-order valence-corrected chi connectivity index (χ2v) is 6.54. The molecule has 1 heterocycles. The quantitative estimate of drug-likeness (QED) is 0.891. The second kappa shape index (κ2) is 5.24. The van der Waals surface area contributed by atoms with Gasteiger partial charge in [-0.2, -0.15) is 0 Å². The van der Waals surface area contributed by atoms with Gasteiger partial charge in [0.2, 0.25) is 5.13 Å². The van der Waals surface area contributed by atoms with Crippen molar-refractivity contribution in [3.63, 3.8) is 0 Å². The van der Waals surface area contributed by atoms with Crippen molar-refractivity contribution in [2.45, 2.75) is 25.3 Å². The lowest BCUT2D eigenvalue weighted by Crippen LogP contribution is -2.15. The van der Waals surface area contributed by atoms with Crippen molar-refractivity contribution >= 4 is 26.5 Å². The normalized spacial score (nSPS) is 11.5. The average Bonchev–Trinajstić information content (AvgIpc) is 2.80. The lowest BCUT2D eigenvalue weighted by atomic mass is 10.1. The summed E-state index contributed by atoms with van der Waals surface area (Å²) in [5.74, 6) is 0. The van der Waals surface area contributed by atoms with E-state index >= 15 is 0 Å². The maximum atomic E-state index is 12.2. The number of hydrogen-bond donors (Lipinski definition) is 2. The van der Waals surface area contributed by atoms with Crippen molar-refractivity contribution in [3.05, 3.63) is 34.3 Å². The number of nitrogens with zero attached hydrogens (tertiary/aromatic N) is 2. The summed E-state index contributed by atoms with van der Waals surface area (Å²) in [4.78, 5) is 0.136. The fourth-order valence-corrected chi connectivity index (χ4v) is 3.69. The van der Waals surface area contributed by atoms with Gasteiger partial charge in [-0.15, -0.1) is 10.2 Å². The first-order valence-corrected chi connectivity index (χ1v) is 7.80. The lowest BCUT2D eigenvalue weighted by molar-refractivity contribution is 0.280. The van der Waals surface area contributed by atoms with Gasteiger partial charge in [-0.1, -0.05) is 17.4 Å². The Hall–Kier alpha value is -1.51. The number of aliphatic hydroxyl groups excluding tert-OH is 1. The molecule has 0 atom stereocenters. The zero-order valence-electron chi connectivity index (χ0n) is 10.4. The fraction of sp³-hybridized carbons (Fsp3) is 0.273. The van der Waals surface area contributed by atoms with Crippen LogP contribution in [-0.2, 0) is 16.6 Å². The number of aliphatic hydroxyl groups is 1. The molecule has 2 N–H and O–H groups in total. The lowest BCUT2D eigenvalue weighted by Gasteiger charge is -2.11. The molecule has 0 aliphatic heterocycles. The Bertz CT molecular complexity index is 681. The van der Waals surface area contributed by atoms with E-state index in [0.717, 1.165) is 16.9 Å². The van der Waals surface area contributed by atoms with E-state index in [2.05, 4.69) is 14.9 Å². The van der Waals surface area contributed by atoms with E-state index in [1.165, 1.54) is 11.6 Å². The molecule has 102 valence electrons. The Morgan fingerprint density at radius 2 is 2.05 bits per heavy atom. The number of aryl methyl sites for hydroxylation is 2. The van der Waals surface area contributed by atoms with Crippen LogP contribution in [0, 0.1) is 13.8 Å². The van der Waals surface area contributed by atoms with Gasteiger partial charge in [0.15, 0.2) is 0 Å². The molecule has 0 unspecified atom stereocenters. The van der Waals surface area contributed by atoms with E-state index < -0.39 is 10.0 Å². The Labute approximate surface area is 115 Å². The van der Waals surface area contributed by atoms with Gasteiger partial charge in [0, 0.05) is 0 Å². The molecule has 0 amide bonds. The van der Waals surface area contributed by atoms with Crippen LogP contribution in [0.5, 0.6) is 0 Å². The maximum absolute atomic E-state index is 12.2. The molecule has 2 aromatic rings. The van der Waals surface area contributed by atoms with Crippen LogP contribution in [-0.4, -0.2) is 23.7 Å². The second-order valence-electron chi connectivity index (χ2n) is 4.05. The van der Waals surface area contributed by atoms with Gasteiger partial charge < -0.3 is 5.11 Å². The Morgan fingerprint density at radius 3 is 2.63 bits per heavy atom. The van der Waals surface area contributed by atoms with Crippen molar-refractivity contribution in [2.24, 2.45) is 0 Å². The van der Waals surface area contributed by atoms with E-state index in [9.17, 15) is 13.5 Å². The molecule has 0 aliphatic rings. The summed E-state index contributed by atoms with van der Waals surface area (Å²) in [5.41, 5.74) is 3.50. The molecular formula is C11H13N3O3S2. The first kappa shape index (κ1) is 13.9. The first-order chi connectivity index (χ1) is 8.94. The van der Waals surface area contributed by atoms with Gasteiger partial charge in [0.05, 0.1) is 11.5 Å². The molecule has 19 heavy (non-hydrogen) atoms. The van der Waals surface area contributed by atoms with Gasteiger partial charge in [-0.25, -0.2) is 8.42 Å². The molecular weight excluding hydrogens is 286 g/mol. The Balaban J connectivity index is 2.45. The van der Waals surface area contributed by atoms with E-state index in [1.54, 1.807) is 13.0 Å². The molecule has 2 rings (SSSR count). The summed E-state index contributed by atoms with van der Waals surface area (Å²) in [6, 6.07) is 3.22. The summed E-state index contributed by atoms with van der Waals surface area (Å²) in [5, 5.41) is 16.7. The van der Waals surface area contributed by atoms with E-state index in [-0.39, 0.29) is 16.6 Å². The van der Waals surface area contributed by atoms with Crippen molar-refractivity contribution in [3.8, 4) is 0 Å². The van der Waals surface area contributed by atoms with Crippen LogP contribution in [0.3, 0.4) is 0 Å². The fourth-order valence-electron chi connectivity index (χ4n) is 1.72. The van der Waals surface area contributed by atoms with Crippen LogP contribution in [0.2, 0.25) is 0 Å². The van der Waals surface area contributed by atoms with E-state index in [1.807, 2.05) is 6.92 Å². The number of sulfonamides is 1. The van der Waals surface area contributed by atoms with Crippen molar-refractivity contribution in [1.29, 1.82) is 0 Å². The van der Waals surface area contributed by atoms with E-state index in [4.69, 9.17) is 0 Å². The Morgan fingerprint density at radius 1 is 1.32 bits per heavy atom. The average molecular weight is 299 g/mol. The van der Waals surface area contributed by atoms with Crippen molar-refractivity contribution < 1.29 is 13.5 Å². The highest BCUT2D eigenvalue weighted by Gasteiger charge is 2.19. The molecule has 0 saturated heterocycles.